The molecule has 0 aromatic heterocycles. The van der Waals surface area contributed by atoms with E-state index in [1.807, 2.05) is 0 Å². The molecule has 0 aromatic carbocycles. The highest BCUT2D eigenvalue weighted by atomic mass is 32.2. The lowest BCUT2D eigenvalue weighted by atomic mass is 10.4. The number of ether oxygens (including phenoxy) is 1. The van der Waals surface area contributed by atoms with Crippen molar-refractivity contribution in [3.05, 3.63) is 11.2 Å². The summed E-state index contributed by atoms with van der Waals surface area (Å²) in [4.78, 5) is 10.3. The van der Waals surface area contributed by atoms with Crippen molar-refractivity contribution < 1.29 is 13.9 Å². The Balaban J connectivity index is 3.45. The van der Waals surface area contributed by atoms with Crippen molar-refractivity contribution >= 4 is 17.7 Å². The molecule has 0 radical (unpaired) electrons. The molecular formula is C9H15FO2S. The molecule has 2 nitrogen and oxygen atoms in total. The van der Waals surface area contributed by atoms with Crippen LogP contribution in [-0.4, -0.2) is 18.3 Å². The van der Waals surface area contributed by atoms with Crippen molar-refractivity contribution in [3.8, 4) is 0 Å². The summed E-state index contributed by atoms with van der Waals surface area (Å²) >= 11 is 1.16. The van der Waals surface area contributed by atoms with Crippen LogP contribution in [0.25, 0.3) is 0 Å². The molecule has 0 saturated heterocycles. The van der Waals surface area contributed by atoms with Gasteiger partial charge in [0.15, 0.2) is 5.16 Å². The van der Waals surface area contributed by atoms with E-state index in [0.717, 1.165) is 30.4 Å². The Labute approximate surface area is 82.5 Å². The van der Waals surface area contributed by atoms with Crippen molar-refractivity contribution in [2.45, 2.75) is 26.7 Å². The third-order valence-corrected chi connectivity index (χ3v) is 2.20. The Morgan fingerprint density at radius 2 is 2.31 bits per heavy atom. The first kappa shape index (κ1) is 12.5. The largest absolute Gasteiger partial charge is 0.462 e. The Morgan fingerprint density at radius 3 is 2.85 bits per heavy atom. The van der Waals surface area contributed by atoms with Gasteiger partial charge in [0.05, 0.1) is 0 Å². The summed E-state index contributed by atoms with van der Waals surface area (Å²) in [6.07, 6.45) is 3.34. The fraction of sp³-hybridized carbons (Fsp3) is 0.667. The van der Waals surface area contributed by atoms with Gasteiger partial charge in [-0.25, -0.2) is 0 Å². The van der Waals surface area contributed by atoms with Gasteiger partial charge in [0, 0.05) is 12.7 Å². The molecule has 4 heteroatoms. The van der Waals surface area contributed by atoms with Gasteiger partial charge in [0.2, 0.25) is 0 Å². The van der Waals surface area contributed by atoms with Crippen molar-refractivity contribution in [1.82, 2.24) is 0 Å². The molecule has 0 rings (SSSR count). The highest BCUT2D eigenvalue weighted by Crippen LogP contribution is 2.17. The molecule has 13 heavy (non-hydrogen) atoms. The number of hydrogen-bond donors (Lipinski definition) is 0. The van der Waals surface area contributed by atoms with Gasteiger partial charge in [-0.1, -0.05) is 25.1 Å². The lowest BCUT2D eigenvalue weighted by Gasteiger charge is -1.97. The summed E-state index contributed by atoms with van der Waals surface area (Å²) in [6, 6.07) is 0. The fourth-order valence-electron chi connectivity index (χ4n) is 0.597. The summed E-state index contributed by atoms with van der Waals surface area (Å²) in [5.41, 5.74) is 0. The Hall–Kier alpha value is -0.510. The van der Waals surface area contributed by atoms with E-state index in [1.165, 1.54) is 13.0 Å². The summed E-state index contributed by atoms with van der Waals surface area (Å²) in [6.45, 7) is 3.39. The zero-order chi connectivity index (χ0) is 10.1. The van der Waals surface area contributed by atoms with Crippen molar-refractivity contribution in [1.29, 1.82) is 0 Å². The van der Waals surface area contributed by atoms with Gasteiger partial charge in [-0.05, 0) is 12.5 Å². The zero-order valence-electron chi connectivity index (χ0n) is 8.01. The lowest BCUT2D eigenvalue weighted by Crippen LogP contribution is -1.97. The SMILES string of the molecule is CCCCS/C(F)=C\COC(C)=O. The Bertz CT molecular complexity index is 180. The van der Waals surface area contributed by atoms with Gasteiger partial charge in [0.25, 0.3) is 0 Å². The van der Waals surface area contributed by atoms with Gasteiger partial charge < -0.3 is 4.74 Å². The van der Waals surface area contributed by atoms with Gasteiger partial charge >= 0.3 is 5.97 Å². The number of rotatable bonds is 6. The molecule has 0 N–H and O–H groups in total. The molecule has 0 fully saturated rings. The van der Waals surface area contributed by atoms with E-state index in [1.54, 1.807) is 0 Å². The molecule has 0 aliphatic carbocycles. The normalized spacial score (nSPS) is 11.5. The van der Waals surface area contributed by atoms with E-state index in [0.29, 0.717) is 0 Å². The zero-order valence-corrected chi connectivity index (χ0v) is 8.82. The fourth-order valence-corrected chi connectivity index (χ4v) is 1.41. The summed E-state index contributed by atoms with van der Waals surface area (Å²) in [7, 11) is 0. The summed E-state index contributed by atoms with van der Waals surface area (Å²) in [5, 5.41) is -0.269. The van der Waals surface area contributed by atoms with E-state index in [2.05, 4.69) is 11.7 Å². The average molecular weight is 206 g/mol. The van der Waals surface area contributed by atoms with Crippen molar-refractivity contribution in [3.63, 3.8) is 0 Å². The minimum Gasteiger partial charge on any atom is -0.462 e. The predicted molar refractivity (Wildman–Crippen MR) is 53.2 cm³/mol. The quantitative estimate of drug-likeness (QED) is 0.493. The molecule has 0 aliphatic heterocycles. The number of carbonyl (C=O) groups excluding carboxylic acids is 1. The van der Waals surface area contributed by atoms with E-state index >= 15 is 0 Å². The Morgan fingerprint density at radius 1 is 1.62 bits per heavy atom. The lowest BCUT2D eigenvalue weighted by molar-refractivity contribution is -0.139. The molecule has 0 heterocycles. The van der Waals surface area contributed by atoms with Crippen LogP contribution in [0.4, 0.5) is 4.39 Å². The molecule has 0 unspecified atom stereocenters. The van der Waals surface area contributed by atoms with Crippen LogP contribution in [0.3, 0.4) is 0 Å². The van der Waals surface area contributed by atoms with E-state index in [9.17, 15) is 9.18 Å². The van der Waals surface area contributed by atoms with Gasteiger partial charge in [0.1, 0.15) is 6.61 Å². The van der Waals surface area contributed by atoms with E-state index in [-0.39, 0.29) is 17.7 Å². The smallest absolute Gasteiger partial charge is 0.302 e. The van der Waals surface area contributed by atoms with Crippen LogP contribution < -0.4 is 0 Å². The molecule has 0 saturated carbocycles. The van der Waals surface area contributed by atoms with Crippen LogP contribution in [0.2, 0.25) is 0 Å². The second kappa shape index (κ2) is 8.10. The highest BCUT2D eigenvalue weighted by Gasteiger charge is 1.95. The first-order valence-corrected chi connectivity index (χ1v) is 5.27. The first-order valence-electron chi connectivity index (χ1n) is 4.28. The molecule has 0 aromatic rings. The molecule has 0 amide bonds. The van der Waals surface area contributed by atoms with Crippen LogP contribution in [0, 0.1) is 0 Å². The third-order valence-electron chi connectivity index (χ3n) is 1.27. The predicted octanol–water partition coefficient (Wildman–Crippen LogP) is 2.89. The number of hydrogen-bond acceptors (Lipinski definition) is 3. The molecule has 0 spiro atoms. The van der Waals surface area contributed by atoms with E-state index in [4.69, 9.17) is 0 Å². The van der Waals surface area contributed by atoms with Gasteiger partial charge in [-0.2, -0.15) is 4.39 Å². The highest BCUT2D eigenvalue weighted by molar-refractivity contribution is 8.02. The third kappa shape index (κ3) is 9.40. The van der Waals surface area contributed by atoms with Crippen molar-refractivity contribution in [2.75, 3.05) is 12.4 Å². The Kier molecular flexibility index (Phi) is 7.79. The first-order chi connectivity index (χ1) is 6.16. The number of unbranched alkanes of at least 4 members (excludes halogenated alkanes) is 1. The summed E-state index contributed by atoms with van der Waals surface area (Å²) in [5.74, 6) is 0.390. The molecule has 0 atom stereocenters. The average Bonchev–Trinajstić information content (AvgIpc) is 2.04. The van der Waals surface area contributed by atoms with Crippen LogP contribution in [0.5, 0.6) is 0 Å². The standard InChI is InChI=1S/C9H15FO2S/c1-3-4-7-13-9(10)5-6-12-8(2)11/h5H,3-4,6-7H2,1-2H3/b9-5-. The number of esters is 1. The van der Waals surface area contributed by atoms with Gasteiger partial charge in [-0.3, -0.25) is 4.79 Å². The molecular weight excluding hydrogens is 191 g/mol. The monoisotopic (exact) mass is 206 g/mol. The van der Waals surface area contributed by atoms with Crippen LogP contribution in [0.15, 0.2) is 11.2 Å². The molecule has 76 valence electrons. The van der Waals surface area contributed by atoms with Crippen LogP contribution in [-0.2, 0) is 9.53 Å². The number of thioether (sulfide) groups is 1. The van der Waals surface area contributed by atoms with Gasteiger partial charge in [-0.15, -0.1) is 0 Å². The van der Waals surface area contributed by atoms with E-state index < -0.39 is 0 Å². The maximum Gasteiger partial charge on any atom is 0.302 e. The summed E-state index contributed by atoms with van der Waals surface area (Å²) < 4.78 is 17.4. The number of halogens is 1. The maximum absolute atomic E-state index is 12.8. The van der Waals surface area contributed by atoms with Crippen molar-refractivity contribution in [2.24, 2.45) is 0 Å². The topological polar surface area (TPSA) is 26.3 Å². The molecule has 0 aliphatic rings. The maximum atomic E-state index is 12.8. The minimum atomic E-state index is -0.386. The minimum absolute atomic E-state index is 0.0281. The number of carbonyl (C=O) groups is 1. The molecule has 0 bridgehead atoms. The van der Waals surface area contributed by atoms with Crippen LogP contribution >= 0.6 is 11.8 Å². The second-order valence-corrected chi connectivity index (χ2v) is 3.60. The van der Waals surface area contributed by atoms with Crippen LogP contribution in [0.1, 0.15) is 26.7 Å². The second-order valence-electron chi connectivity index (χ2n) is 2.51.